The Labute approximate surface area is 375 Å². The second-order valence-corrected chi connectivity index (χ2v) is 14.1. The summed E-state index contributed by atoms with van der Waals surface area (Å²) in [5, 5.41) is 10.4. The first-order valence-electron chi connectivity index (χ1n) is 18.7. The number of benzene rings is 1. The van der Waals surface area contributed by atoms with Crippen LogP contribution in [0.3, 0.4) is 0 Å². The number of hydrogen-bond donors (Lipinski definition) is 1. The molecule has 3 aliphatic heterocycles. The van der Waals surface area contributed by atoms with Crippen molar-refractivity contribution in [2.75, 3.05) is 108 Å². The first-order valence-corrected chi connectivity index (χ1v) is 19.9. The second-order valence-electron chi connectivity index (χ2n) is 12.9. The lowest BCUT2D eigenvalue weighted by molar-refractivity contribution is 0.122. The van der Waals surface area contributed by atoms with Crippen molar-refractivity contribution in [3.8, 4) is 40.4 Å². The monoisotopic (exact) mass is 939 g/mol. The van der Waals surface area contributed by atoms with Crippen LogP contribution in [0, 0.1) is 0 Å². The van der Waals surface area contributed by atoms with Crippen LogP contribution >= 0.6 is 27.5 Å². The van der Waals surface area contributed by atoms with Crippen LogP contribution < -0.4 is 24.2 Å². The first kappa shape index (κ1) is 49.0. The number of phenols is 1. The van der Waals surface area contributed by atoms with Crippen LogP contribution in [0.2, 0.25) is 5.28 Å². The Morgan fingerprint density at radius 3 is 1.44 bits per heavy atom. The first-order chi connectivity index (χ1) is 28.9. The third kappa shape index (κ3) is 12.7. The summed E-state index contributed by atoms with van der Waals surface area (Å²) in [7, 11) is 2.98. The van der Waals surface area contributed by atoms with Gasteiger partial charge in [0.2, 0.25) is 22.9 Å². The summed E-state index contributed by atoms with van der Waals surface area (Å²) in [5.41, 5.74) is 1.42. The van der Waals surface area contributed by atoms with Crippen LogP contribution in [0.1, 0.15) is 22.3 Å². The molecule has 334 valence electrons. The number of halogens is 2. The van der Waals surface area contributed by atoms with Crippen LogP contribution in [0.25, 0.3) is 23.2 Å². The number of methoxy groups -OCH3 is 2. The highest BCUT2D eigenvalue weighted by atomic mass is 79.9. The zero-order valence-electron chi connectivity index (χ0n) is 32.5. The van der Waals surface area contributed by atoms with Gasteiger partial charge in [-0.3, -0.25) is 9.13 Å². The number of phenolic OH excluding ortho intramolecular Hbond substituents is 1. The second kappa shape index (κ2) is 24.1. The number of nitrogens with zero attached hydrogens (tertiary/aromatic N) is 13. The molecular weight excluding hydrogens is 886 g/mol. The number of hydrogen-bond acceptors (Lipinski definition) is 17. The Balaban J connectivity index is 0.000000215. The van der Waals surface area contributed by atoms with E-state index in [1.165, 1.54) is 14.2 Å². The summed E-state index contributed by atoms with van der Waals surface area (Å²) in [6.45, 7) is 9.46. The average Bonchev–Trinajstić information content (AvgIpc) is 3.98. The van der Waals surface area contributed by atoms with Crippen molar-refractivity contribution in [3.63, 3.8) is 0 Å². The van der Waals surface area contributed by atoms with E-state index in [1.54, 1.807) is 52.5 Å². The maximum Gasteiger partial charge on any atom is 0.236 e. The Kier molecular flexibility index (Phi) is 19.0. The van der Waals surface area contributed by atoms with E-state index in [0.717, 1.165) is 93.3 Å². The van der Waals surface area contributed by atoms with Gasteiger partial charge in [-0.2, -0.15) is 9.97 Å². The summed E-state index contributed by atoms with van der Waals surface area (Å²) in [6, 6.07) is 9.07. The molecule has 0 radical (unpaired) electrons. The van der Waals surface area contributed by atoms with Crippen molar-refractivity contribution in [1.29, 1.82) is 0 Å². The van der Waals surface area contributed by atoms with Gasteiger partial charge in [-0.1, -0.05) is 22.3 Å². The van der Waals surface area contributed by atoms with Crippen molar-refractivity contribution in [1.82, 2.24) is 49.0 Å². The van der Waals surface area contributed by atoms with Crippen LogP contribution in [-0.4, -0.2) is 147 Å². The van der Waals surface area contributed by atoms with Crippen LogP contribution in [0.15, 0.2) is 78.6 Å². The van der Waals surface area contributed by atoms with Gasteiger partial charge in [0.1, 0.15) is 34.7 Å². The number of ether oxygens (including phenoxy) is 5. The van der Waals surface area contributed by atoms with Gasteiger partial charge in [0.05, 0.1) is 59.6 Å². The van der Waals surface area contributed by atoms with E-state index in [4.69, 9.17) is 35.3 Å². The minimum absolute atomic E-state index is 0. The van der Waals surface area contributed by atoms with Crippen molar-refractivity contribution >= 4 is 45.0 Å². The van der Waals surface area contributed by atoms with Crippen molar-refractivity contribution in [2.24, 2.45) is 0 Å². The van der Waals surface area contributed by atoms with E-state index in [-0.39, 0.29) is 28.0 Å². The van der Waals surface area contributed by atoms with Gasteiger partial charge in [-0.05, 0) is 57.9 Å². The van der Waals surface area contributed by atoms with Gasteiger partial charge in [-0.25, -0.2) is 29.9 Å². The van der Waals surface area contributed by atoms with Crippen molar-refractivity contribution in [2.45, 2.75) is 22.3 Å². The topological polar surface area (TPSA) is 189 Å². The smallest absolute Gasteiger partial charge is 0.236 e. The molecule has 0 aliphatic carbocycles. The molecule has 3 saturated heterocycles. The molecule has 6 aromatic rings. The molecule has 9 rings (SSSR count). The maximum atomic E-state index is 10.1. The van der Waals surface area contributed by atoms with Gasteiger partial charge < -0.3 is 43.5 Å². The largest absolute Gasteiger partial charge is 0.502 e. The van der Waals surface area contributed by atoms with Crippen LogP contribution in [0.5, 0.6) is 17.2 Å². The minimum atomic E-state index is -0.0465. The molecule has 0 spiro atoms. The maximum absolute atomic E-state index is 10.1. The summed E-state index contributed by atoms with van der Waals surface area (Å²) in [5.74, 6) is 4.39. The average molecular weight is 941 g/mol. The quantitative estimate of drug-likeness (QED) is 0.174. The van der Waals surface area contributed by atoms with E-state index in [1.807, 2.05) is 30.6 Å². The van der Waals surface area contributed by atoms with Crippen LogP contribution in [0.4, 0.5) is 17.5 Å². The van der Waals surface area contributed by atoms with Crippen LogP contribution in [-0.2, 0) is 14.2 Å². The molecule has 0 atom stereocenters. The Bertz CT molecular complexity index is 2240. The van der Waals surface area contributed by atoms with Gasteiger partial charge >= 0.3 is 0 Å². The van der Waals surface area contributed by atoms with E-state index in [2.05, 4.69) is 70.5 Å². The Morgan fingerprint density at radius 2 is 1.02 bits per heavy atom. The molecule has 19 nitrogen and oxygen atoms in total. The number of morpholine rings is 3. The molecule has 0 amide bonds. The summed E-state index contributed by atoms with van der Waals surface area (Å²) < 4.78 is 30.7. The summed E-state index contributed by atoms with van der Waals surface area (Å²) in [6.07, 6.45) is 12.2. The van der Waals surface area contributed by atoms with Gasteiger partial charge in [-0.15, -0.1) is 0 Å². The minimum Gasteiger partial charge on any atom is -0.502 e. The number of aromatic nitrogens is 10. The Morgan fingerprint density at radius 1 is 0.597 bits per heavy atom. The van der Waals surface area contributed by atoms with E-state index in [0.29, 0.717) is 47.6 Å². The third-order valence-electron chi connectivity index (χ3n) is 9.24. The molecule has 3 aliphatic rings. The van der Waals surface area contributed by atoms with E-state index >= 15 is 0 Å². The molecule has 0 bridgehead atoms. The molecule has 1 aromatic carbocycles. The van der Waals surface area contributed by atoms with Crippen molar-refractivity contribution < 1.29 is 28.8 Å². The fourth-order valence-corrected chi connectivity index (χ4v) is 6.64. The highest BCUT2D eigenvalue weighted by Gasteiger charge is 2.18. The molecule has 0 saturated carbocycles. The van der Waals surface area contributed by atoms with Crippen molar-refractivity contribution in [3.05, 3.63) is 83.9 Å². The molecule has 8 heterocycles. The molecule has 21 heteroatoms. The Hall–Kier alpha value is -5.67. The summed E-state index contributed by atoms with van der Waals surface area (Å²) in [4.78, 5) is 40.8. The number of aromatic hydroxyl groups is 1. The summed E-state index contributed by atoms with van der Waals surface area (Å²) >= 11 is 8.99. The standard InChI is InChI=1S/C19H21N5O4.C11H12BrN5O.C8H10ClN3O.3CH4/c1-26-15-9-13(10-16(27-2)18(15)25)14-11-24(12-21-14)19-20-4-3-17(22-19)23-5-7-28-8-6-23;12-9-7-17(8-14-9)11-13-2-1-10(15-11)16-3-5-18-6-4-16;9-8-10-2-1-7(11-8)12-3-5-13-6-4-12;;;/h3-4,9-12,25H,5-8H2,1-2H3;1-2,7-8H,3-6H2;1-2H,3-6H2;3*1H4. The zero-order chi connectivity index (χ0) is 41.0. The molecule has 3 fully saturated rings. The number of anilines is 3. The van der Waals surface area contributed by atoms with E-state index in [9.17, 15) is 5.11 Å². The fraction of sp³-hybridized carbons (Fsp3) is 0.415. The normalized spacial score (nSPS) is 14.7. The highest BCUT2D eigenvalue weighted by molar-refractivity contribution is 9.10. The van der Waals surface area contributed by atoms with Gasteiger partial charge in [0.25, 0.3) is 0 Å². The molecule has 0 unspecified atom stereocenters. The highest BCUT2D eigenvalue weighted by Crippen LogP contribution is 2.40. The predicted molar refractivity (Wildman–Crippen MR) is 243 cm³/mol. The SMILES string of the molecule is Brc1cn(-c2nccc(N3CCOCC3)n2)cn1.C.C.C.COc1cc(-c2cn(-c3nccc(N4CCOCC4)n3)cn2)cc(OC)c1O.Clc1nccc(N2CCOCC2)n1. The lowest BCUT2D eigenvalue weighted by Crippen LogP contribution is -2.36. The lowest BCUT2D eigenvalue weighted by Gasteiger charge is -2.27. The third-order valence-corrected chi connectivity index (χ3v) is 9.84. The van der Waals surface area contributed by atoms with Gasteiger partial charge in [0.15, 0.2) is 11.5 Å². The predicted octanol–water partition coefficient (Wildman–Crippen LogP) is 6.03. The molecule has 1 N–H and O–H groups in total. The number of rotatable bonds is 8. The fourth-order valence-electron chi connectivity index (χ4n) is 6.19. The lowest BCUT2D eigenvalue weighted by atomic mass is 10.1. The number of imidazole rings is 2. The molecule has 5 aromatic heterocycles. The zero-order valence-corrected chi connectivity index (χ0v) is 34.8. The molecule has 62 heavy (non-hydrogen) atoms. The van der Waals surface area contributed by atoms with E-state index < -0.39 is 0 Å². The van der Waals surface area contributed by atoms with Gasteiger partial charge in [0, 0.05) is 75.8 Å². The molecular formula is C41H55BrClN13O6.